The smallest absolute Gasteiger partial charge is 0.196 e. The summed E-state index contributed by atoms with van der Waals surface area (Å²) in [6.45, 7) is 0. The number of ketones is 1. The lowest BCUT2D eigenvalue weighted by molar-refractivity contribution is 0.103. The quantitative estimate of drug-likeness (QED) is 0.812. The number of benzene rings is 1. The number of ether oxygens (including phenoxy) is 2. The Bertz CT molecular complexity index is 599. The number of methoxy groups -OCH3 is 2. The van der Waals surface area contributed by atoms with Crippen LogP contribution in [0.15, 0.2) is 41.1 Å². The highest BCUT2D eigenvalue weighted by Gasteiger charge is 2.19. The van der Waals surface area contributed by atoms with Crippen molar-refractivity contribution in [3.05, 3.63) is 52.3 Å². The first-order valence-electron chi connectivity index (χ1n) is 5.54. The molecule has 0 aliphatic rings. The number of hydrogen-bond donors (Lipinski definition) is 0. The molecule has 5 heteroatoms. The number of aromatic nitrogens is 1. The monoisotopic (exact) mass is 321 g/mol. The molecule has 1 heterocycles. The Kier molecular flexibility index (Phi) is 4.16. The largest absolute Gasteiger partial charge is 0.495 e. The first kappa shape index (κ1) is 13.5. The summed E-state index contributed by atoms with van der Waals surface area (Å²) in [7, 11) is 3.08. The highest BCUT2D eigenvalue weighted by Crippen LogP contribution is 2.37. The SMILES string of the molecule is COc1ccc(C(=O)c2ccncc2)c(OC)c1Br. The zero-order valence-corrected chi connectivity index (χ0v) is 12.1. The molecule has 1 aromatic carbocycles. The Labute approximate surface area is 119 Å². The Morgan fingerprint density at radius 2 is 1.79 bits per heavy atom. The average molecular weight is 322 g/mol. The molecule has 0 atom stereocenters. The standard InChI is InChI=1S/C14H12BrNO3/c1-18-11-4-3-10(14(19-2)12(11)15)13(17)9-5-7-16-8-6-9/h3-8H,1-2H3. The minimum Gasteiger partial charge on any atom is -0.495 e. The number of hydrogen-bond acceptors (Lipinski definition) is 4. The van der Waals surface area contributed by atoms with Crippen molar-refractivity contribution in [3.8, 4) is 11.5 Å². The van der Waals surface area contributed by atoms with Gasteiger partial charge >= 0.3 is 0 Å². The number of nitrogens with zero attached hydrogens (tertiary/aromatic N) is 1. The molecule has 0 fully saturated rings. The predicted octanol–water partition coefficient (Wildman–Crippen LogP) is 3.09. The minimum absolute atomic E-state index is 0.123. The molecule has 4 nitrogen and oxygen atoms in total. The van der Waals surface area contributed by atoms with Gasteiger partial charge in [-0.3, -0.25) is 9.78 Å². The van der Waals surface area contributed by atoms with E-state index in [4.69, 9.17) is 9.47 Å². The van der Waals surface area contributed by atoms with Crippen LogP contribution in [0, 0.1) is 0 Å². The Morgan fingerprint density at radius 3 is 2.37 bits per heavy atom. The third-order valence-electron chi connectivity index (χ3n) is 2.67. The zero-order valence-electron chi connectivity index (χ0n) is 10.5. The molecule has 0 N–H and O–H groups in total. The van der Waals surface area contributed by atoms with Gasteiger partial charge < -0.3 is 9.47 Å². The molecular weight excluding hydrogens is 310 g/mol. The lowest BCUT2D eigenvalue weighted by Gasteiger charge is -2.12. The van der Waals surface area contributed by atoms with Crippen molar-refractivity contribution in [2.45, 2.75) is 0 Å². The molecule has 0 aliphatic carbocycles. The Hall–Kier alpha value is -1.88. The number of halogens is 1. The summed E-state index contributed by atoms with van der Waals surface area (Å²) in [5.74, 6) is 0.951. The van der Waals surface area contributed by atoms with Gasteiger partial charge in [0.15, 0.2) is 5.78 Å². The zero-order chi connectivity index (χ0) is 13.8. The van der Waals surface area contributed by atoms with Crippen molar-refractivity contribution >= 4 is 21.7 Å². The lowest BCUT2D eigenvalue weighted by atomic mass is 10.0. The number of pyridine rings is 1. The summed E-state index contributed by atoms with van der Waals surface area (Å²) >= 11 is 3.38. The second kappa shape index (κ2) is 5.84. The maximum Gasteiger partial charge on any atom is 0.196 e. The average Bonchev–Trinajstić information content (AvgIpc) is 2.47. The van der Waals surface area contributed by atoms with Crippen LogP contribution in [0.25, 0.3) is 0 Å². The van der Waals surface area contributed by atoms with Crippen molar-refractivity contribution in [2.24, 2.45) is 0 Å². The van der Waals surface area contributed by atoms with Gasteiger partial charge in [0.1, 0.15) is 16.0 Å². The van der Waals surface area contributed by atoms with Crippen molar-refractivity contribution in [1.82, 2.24) is 4.98 Å². The van der Waals surface area contributed by atoms with Gasteiger partial charge in [0.2, 0.25) is 0 Å². The molecule has 98 valence electrons. The van der Waals surface area contributed by atoms with Crippen LogP contribution in [0.2, 0.25) is 0 Å². The molecule has 0 saturated carbocycles. The Morgan fingerprint density at radius 1 is 1.11 bits per heavy atom. The van der Waals surface area contributed by atoms with E-state index < -0.39 is 0 Å². The van der Waals surface area contributed by atoms with E-state index in [1.807, 2.05) is 0 Å². The number of carbonyl (C=O) groups excluding carboxylic acids is 1. The maximum absolute atomic E-state index is 12.4. The molecule has 0 aliphatic heterocycles. The van der Waals surface area contributed by atoms with E-state index in [-0.39, 0.29) is 5.78 Å². The molecule has 0 bridgehead atoms. The second-order valence-electron chi connectivity index (χ2n) is 3.73. The van der Waals surface area contributed by atoms with Gasteiger partial charge in [-0.1, -0.05) is 0 Å². The first-order chi connectivity index (χ1) is 9.19. The highest BCUT2D eigenvalue weighted by atomic mass is 79.9. The van der Waals surface area contributed by atoms with Crippen LogP contribution in [-0.4, -0.2) is 25.0 Å². The van der Waals surface area contributed by atoms with Crippen LogP contribution in [0.4, 0.5) is 0 Å². The van der Waals surface area contributed by atoms with Gasteiger partial charge in [-0.2, -0.15) is 0 Å². The van der Waals surface area contributed by atoms with Gasteiger partial charge in [-0.15, -0.1) is 0 Å². The summed E-state index contributed by atoms with van der Waals surface area (Å²) < 4.78 is 11.1. The molecule has 2 rings (SSSR count). The van der Waals surface area contributed by atoms with Gasteiger partial charge in [0.25, 0.3) is 0 Å². The highest BCUT2D eigenvalue weighted by molar-refractivity contribution is 9.10. The third-order valence-corrected chi connectivity index (χ3v) is 3.42. The second-order valence-corrected chi connectivity index (χ2v) is 4.52. The predicted molar refractivity (Wildman–Crippen MR) is 74.9 cm³/mol. The Balaban J connectivity index is 2.51. The van der Waals surface area contributed by atoms with Crippen LogP contribution in [0.5, 0.6) is 11.5 Å². The maximum atomic E-state index is 12.4. The molecule has 0 unspecified atom stereocenters. The van der Waals surface area contributed by atoms with E-state index in [0.717, 1.165) is 0 Å². The fourth-order valence-corrected chi connectivity index (χ4v) is 2.40. The fourth-order valence-electron chi connectivity index (χ4n) is 1.73. The summed E-state index contributed by atoms with van der Waals surface area (Å²) in [6, 6.07) is 6.74. The van der Waals surface area contributed by atoms with Crippen LogP contribution in [0.3, 0.4) is 0 Å². The summed E-state index contributed by atoms with van der Waals surface area (Å²) in [6.07, 6.45) is 3.16. The molecule has 1 aromatic heterocycles. The van der Waals surface area contributed by atoms with Crippen molar-refractivity contribution in [1.29, 1.82) is 0 Å². The fraction of sp³-hybridized carbons (Fsp3) is 0.143. The van der Waals surface area contributed by atoms with E-state index in [9.17, 15) is 4.79 Å². The van der Waals surface area contributed by atoms with E-state index in [1.165, 1.54) is 7.11 Å². The molecule has 0 amide bonds. The van der Waals surface area contributed by atoms with Crippen molar-refractivity contribution in [3.63, 3.8) is 0 Å². The van der Waals surface area contributed by atoms with Gasteiger partial charge in [-0.25, -0.2) is 0 Å². The molecule has 0 saturated heterocycles. The van der Waals surface area contributed by atoms with Gasteiger partial charge in [0, 0.05) is 18.0 Å². The van der Waals surface area contributed by atoms with Gasteiger partial charge in [0.05, 0.1) is 19.8 Å². The van der Waals surface area contributed by atoms with E-state index in [0.29, 0.717) is 27.1 Å². The number of rotatable bonds is 4. The van der Waals surface area contributed by atoms with E-state index in [2.05, 4.69) is 20.9 Å². The van der Waals surface area contributed by atoms with Crippen LogP contribution in [0.1, 0.15) is 15.9 Å². The van der Waals surface area contributed by atoms with Gasteiger partial charge in [-0.05, 0) is 40.2 Å². The summed E-state index contributed by atoms with van der Waals surface area (Å²) in [5.41, 5.74) is 1.03. The normalized spacial score (nSPS) is 10.1. The lowest BCUT2D eigenvalue weighted by Crippen LogP contribution is -2.05. The van der Waals surface area contributed by atoms with E-state index >= 15 is 0 Å². The molecule has 19 heavy (non-hydrogen) atoms. The summed E-state index contributed by atoms with van der Waals surface area (Å²) in [4.78, 5) is 16.3. The third kappa shape index (κ3) is 2.61. The van der Waals surface area contributed by atoms with Crippen molar-refractivity contribution < 1.29 is 14.3 Å². The first-order valence-corrected chi connectivity index (χ1v) is 6.33. The van der Waals surface area contributed by atoms with Crippen LogP contribution in [-0.2, 0) is 0 Å². The molecular formula is C14H12BrNO3. The molecule has 0 radical (unpaired) electrons. The molecule has 0 spiro atoms. The minimum atomic E-state index is -0.123. The van der Waals surface area contributed by atoms with Crippen LogP contribution < -0.4 is 9.47 Å². The number of carbonyl (C=O) groups is 1. The van der Waals surface area contributed by atoms with Crippen LogP contribution >= 0.6 is 15.9 Å². The van der Waals surface area contributed by atoms with Crippen molar-refractivity contribution in [2.75, 3.05) is 14.2 Å². The topological polar surface area (TPSA) is 48.4 Å². The summed E-state index contributed by atoms with van der Waals surface area (Å²) in [5, 5.41) is 0. The molecule has 2 aromatic rings. The van der Waals surface area contributed by atoms with E-state index in [1.54, 1.807) is 43.8 Å².